The van der Waals surface area contributed by atoms with Gasteiger partial charge in [0.25, 0.3) is 0 Å². The summed E-state index contributed by atoms with van der Waals surface area (Å²) < 4.78 is 48.2. The first-order valence-electron chi connectivity index (χ1n) is 15.0. The molecule has 3 heterocycles. The van der Waals surface area contributed by atoms with Gasteiger partial charge in [-0.25, -0.2) is 22.9 Å². The van der Waals surface area contributed by atoms with Crippen molar-refractivity contribution in [3.05, 3.63) is 124 Å². The first-order chi connectivity index (χ1) is 22.6. The molecule has 3 N–H and O–H groups in total. The van der Waals surface area contributed by atoms with Gasteiger partial charge in [-0.15, -0.1) is 0 Å². The Balaban J connectivity index is 1.17. The van der Waals surface area contributed by atoms with E-state index in [1.165, 1.54) is 35.4 Å². The normalized spacial score (nSPS) is 16.2. The SMILES string of the molecule is O=C(CC(c1ccc(F)cc1)c1ccc(F)cc1)Nc1cncc(F)c1CC[C@@H]1CN[C@@H](CN(Cc2cccc(Cl)n2)C(=O)O)CO1. The predicted molar refractivity (Wildman–Crippen MR) is 170 cm³/mol. The lowest BCUT2D eigenvalue weighted by Crippen LogP contribution is -2.52. The molecule has 5 rings (SSSR count). The van der Waals surface area contributed by atoms with Gasteiger partial charge in [-0.3, -0.25) is 9.78 Å². The number of morpholine rings is 1. The number of carboxylic acid groups (broad SMARTS) is 1. The Morgan fingerprint density at radius 3 is 2.30 bits per heavy atom. The van der Waals surface area contributed by atoms with Gasteiger partial charge in [0.05, 0.1) is 43.0 Å². The zero-order valence-corrected chi connectivity index (χ0v) is 26.0. The fourth-order valence-corrected chi connectivity index (χ4v) is 5.70. The fourth-order valence-electron chi connectivity index (χ4n) is 5.51. The second-order valence-corrected chi connectivity index (χ2v) is 11.7. The Bertz CT molecular complexity index is 1630. The first kappa shape index (κ1) is 33.8. The Morgan fingerprint density at radius 2 is 1.70 bits per heavy atom. The lowest BCUT2D eigenvalue weighted by molar-refractivity contribution is -0.116. The Labute approximate surface area is 274 Å². The summed E-state index contributed by atoms with van der Waals surface area (Å²) in [6.07, 6.45) is 1.68. The van der Waals surface area contributed by atoms with Crippen LogP contribution in [0.4, 0.5) is 23.7 Å². The van der Waals surface area contributed by atoms with E-state index >= 15 is 0 Å². The van der Waals surface area contributed by atoms with Crippen molar-refractivity contribution >= 4 is 29.3 Å². The summed E-state index contributed by atoms with van der Waals surface area (Å²) >= 11 is 5.93. The van der Waals surface area contributed by atoms with Crippen molar-refractivity contribution in [2.24, 2.45) is 0 Å². The monoisotopic (exact) mass is 667 g/mol. The number of rotatable bonds is 12. The maximum absolute atomic E-state index is 15.0. The van der Waals surface area contributed by atoms with Crippen molar-refractivity contribution in [3.63, 3.8) is 0 Å². The van der Waals surface area contributed by atoms with Gasteiger partial charge in [0.2, 0.25) is 5.91 Å². The molecule has 1 aliphatic heterocycles. The summed E-state index contributed by atoms with van der Waals surface area (Å²) in [5.41, 5.74) is 2.35. The molecule has 1 saturated heterocycles. The lowest BCUT2D eigenvalue weighted by atomic mass is 9.88. The van der Waals surface area contributed by atoms with Crippen LogP contribution in [0.2, 0.25) is 5.15 Å². The van der Waals surface area contributed by atoms with E-state index in [9.17, 15) is 27.9 Å². The summed E-state index contributed by atoms with van der Waals surface area (Å²) in [4.78, 5) is 34.4. The largest absolute Gasteiger partial charge is 0.465 e. The molecule has 2 amide bonds. The number of hydrogen-bond donors (Lipinski definition) is 3. The molecule has 0 aliphatic carbocycles. The molecule has 0 radical (unpaired) electrons. The molecule has 4 aromatic rings. The van der Waals surface area contributed by atoms with Crippen LogP contribution < -0.4 is 10.6 Å². The van der Waals surface area contributed by atoms with Crippen molar-refractivity contribution < 1.29 is 32.6 Å². The summed E-state index contributed by atoms with van der Waals surface area (Å²) in [7, 11) is 0. The molecular weight excluding hydrogens is 635 g/mol. The fraction of sp³-hybridized carbons (Fsp3) is 0.294. The number of pyridine rings is 2. The number of nitrogens with zero attached hydrogens (tertiary/aromatic N) is 3. The molecule has 2 aromatic heterocycles. The molecule has 0 bridgehead atoms. The smallest absolute Gasteiger partial charge is 0.407 e. The number of carbonyl (C=O) groups excluding carboxylic acids is 1. The van der Waals surface area contributed by atoms with Gasteiger partial charge >= 0.3 is 6.09 Å². The highest BCUT2D eigenvalue weighted by Crippen LogP contribution is 2.30. The number of nitrogens with one attached hydrogen (secondary N) is 2. The van der Waals surface area contributed by atoms with Crippen molar-refractivity contribution in [1.29, 1.82) is 0 Å². The van der Waals surface area contributed by atoms with Crippen LogP contribution in [0.15, 0.2) is 79.1 Å². The summed E-state index contributed by atoms with van der Waals surface area (Å²) in [6.45, 7) is 0.900. The number of carbonyl (C=O) groups is 2. The summed E-state index contributed by atoms with van der Waals surface area (Å²) in [5.74, 6) is -2.35. The van der Waals surface area contributed by atoms with Gasteiger partial charge in [-0.05, 0) is 60.4 Å². The third-order valence-electron chi connectivity index (χ3n) is 7.93. The van der Waals surface area contributed by atoms with Crippen molar-refractivity contribution in [2.45, 2.75) is 43.9 Å². The van der Waals surface area contributed by atoms with Crippen LogP contribution >= 0.6 is 11.6 Å². The van der Waals surface area contributed by atoms with Crippen LogP contribution in [0.25, 0.3) is 0 Å². The Morgan fingerprint density at radius 1 is 1.02 bits per heavy atom. The van der Waals surface area contributed by atoms with Crippen LogP contribution in [-0.2, 0) is 22.5 Å². The zero-order valence-electron chi connectivity index (χ0n) is 25.2. The minimum absolute atomic E-state index is 0.0645. The second-order valence-electron chi connectivity index (χ2n) is 11.3. The molecule has 0 unspecified atom stereocenters. The number of aromatic nitrogens is 2. The predicted octanol–water partition coefficient (Wildman–Crippen LogP) is 6.18. The molecule has 0 saturated carbocycles. The first-order valence-corrected chi connectivity index (χ1v) is 15.4. The van der Waals surface area contributed by atoms with E-state index in [-0.39, 0.29) is 61.1 Å². The number of ether oxygens (including phenoxy) is 1. The zero-order chi connectivity index (χ0) is 33.3. The molecule has 2 aromatic carbocycles. The van der Waals surface area contributed by atoms with E-state index in [1.54, 1.807) is 42.5 Å². The van der Waals surface area contributed by atoms with E-state index in [4.69, 9.17) is 16.3 Å². The lowest BCUT2D eigenvalue weighted by Gasteiger charge is -2.33. The molecule has 9 nitrogen and oxygen atoms in total. The minimum Gasteiger partial charge on any atom is -0.465 e. The molecule has 1 fully saturated rings. The highest BCUT2D eigenvalue weighted by atomic mass is 35.5. The molecule has 0 spiro atoms. The topological polar surface area (TPSA) is 117 Å². The maximum Gasteiger partial charge on any atom is 0.407 e. The summed E-state index contributed by atoms with van der Waals surface area (Å²) in [6, 6.07) is 16.2. The third kappa shape index (κ3) is 9.50. The van der Waals surface area contributed by atoms with Crippen LogP contribution in [0, 0.1) is 17.5 Å². The van der Waals surface area contributed by atoms with Crippen LogP contribution in [0.3, 0.4) is 0 Å². The van der Waals surface area contributed by atoms with E-state index in [0.717, 1.165) is 6.20 Å². The molecular formula is C34H33ClF3N5O4. The van der Waals surface area contributed by atoms with Crippen LogP contribution in [0.1, 0.15) is 41.1 Å². The van der Waals surface area contributed by atoms with E-state index in [0.29, 0.717) is 29.8 Å². The number of amides is 2. The molecule has 1 aliphatic rings. The third-order valence-corrected chi connectivity index (χ3v) is 8.14. The molecule has 47 heavy (non-hydrogen) atoms. The molecule has 246 valence electrons. The van der Waals surface area contributed by atoms with Gasteiger partial charge in [0, 0.05) is 37.0 Å². The van der Waals surface area contributed by atoms with Crippen molar-refractivity contribution in [1.82, 2.24) is 20.2 Å². The highest BCUT2D eigenvalue weighted by Gasteiger charge is 2.26. The maximum atomic E-state index is 15.0. The minimum atomic E-state index is -1.10. The standard InChI is InChI=1S/C34H33ClF3N5O4/c35-32-3-1-2-25(41-32)18-43(34(45)46)19-26-20-47-27(15-40-26)12-13-28-30(38)16-39-17-31(28)42-33(44)14-29(21-4-8-23(36)9-5-21)22-6-10-24(37)11-7-22/h1-11,16-17,26-27,29,40H,12-15,18-20H2,(H,42,44)(H,45,46)/t26-,27+/m0/s1. The average Bonchev–Trinajstić information content (AvgIpc) is 3.05. The Hall–Kier alpha value is -4.52. The number of benzene rings is 2. The molecule has 13 heteroatoms. The quantitative estimate of drug-likeness (QED) is 0.155. The van der Waals surface area contributed by atoms with Gasteiger partial charge in [0.1, 0.15) is 22.6 Å². The van der Waals surface area contributed by atoms with Crippen molar-refractivity contribution in [3.8, 4) is 0 Å². The van der Waals surface area contributed by atoms with Gasteiger partial charge in [0.15, 0.2) is 0 Å². The van der Waals surface area contributed by atoms with Crippen molar-refractivity contribution in [2.75, 3.05) is 25.0 Å². The summed E-state index contributed by atoms with van der Waals surface area (Å²) in [5, 5.41) is 16.1. The Kier molecular flexibility index (Phi) is 11.4. The van der Waals surface area contributed by atoms with E-state index in [2.05, 4.69) is 20.6 Å². The van der Waals surface area contributed by atoms with Crippen LogP contribution in [0.5, 0.6) is 0 Å². The van der Waals surface area contributed by atoms with Gasteiger partial charge < -0.3 is 25.4 Å². The molecule has 2 atom stereocenters. The van der Waals surface area contributed by atoms with Crippen LogP contribution in [-0.4, -0.2) is 63.8 Å². The van der Waals surface area contributed by atoms with E-state index in [1.807, 2.05) is 0 Å². The highest BCUT2D eigenvalue weighted by molar-refractivity contribution is 6.29. The second kappa shape index (κ2) is 15.9. The van der Waals surface area contributed by atoms with Gasteiger partial charge in [-0.1, -0.05) is 41.9 Å². The number of anilines is 1. The number of hydrogen-bond acceptors (Lipinski definition) is 6. The van der Waals surface area contributed by atoms with Gasteiger partial charge in [-0.2, -0.15) is 0 Å². The van der Waals surface area contributed by atoms with E-state index < -0.39 is 35.4 Å². The number of halogens is 4. The average molecular weight is 668 g/mol.